The summed E-state index contributed by atoms with van der Waals surface area (Å²) in [6, 6.07) is 14.9. The summed E-state index contributed by atoms with van der Waals surface area (Å²) in [5.41, 5.74) is 12.3. The Hall–Kier alpha value is -2.13. The molecule has 3 aromatic rings. The molecule has 2 N–H and O–H groups in total. The highest BCUT2D eigenvalue weighted by Crippen LogP contribution is 2.23. The second-order valence-electron chi connectivity index (χ2n) is 5.95. The molecule has 0 amide bonds. The SMILES string of the molecule is CCc1ccc2c(c1)nc(C(C)N)n2Cc1ccccc1C. The smallest absolute Gasteiger partial charge is 0.126 e. The van der Waals surface area contributed by atoms with Gasteiger partial charge < -0.3 is 10.3 Å². The highest BCUT2D eigenvalue weighted by Gasteiger charge is 2.15. The van der Waals surface area contributed by atoms with Crippen LogP contribution in [0.2, 0.25) is 0 Å². The second kappa shape index (κ2) is 5.93. The van der Waals surface area contributed by atoms with E-state index in [0.29, 0.717) is 0 Å². The topological polar surface area (TPSA) is 43.8 Å². The first-order chi connectivity index (χ1) is 10.6. The first-order valence-corrected chi connectivity index (χ1v) is 7.89. The third-order valence-electron chi connectivity index (χ3n) is 4.25. The number of hydrogen-bond acceptors (Lipinski definition) is 2. The molecule has 0 aliphatic carbocycles. The van der Waals surface area contributed by atoms with Crippen LogP contribution >= 0.6 is 0 Å². The van der Waals surface area contributed by atoms with Crippen molar-refractivity contribution in [3.63, 3.8) is 0 Å². The number of benzene rings is 2. The molecule has 0 saturated carbocycles. The van der Waals surface area contributed by atoms with Crippen LogP contribution in [0.15, 0.2) is 42.5 Å². The molecule has 0 bridgehead atoms. The minimum Gasteiger partial charge on any atom is -0.322 e. The van der Waals surface area contributed by atoms with Gasteiger partial charge in [-0.15, -0.1) is 0 Å². The quantitative estimate of drug-likeness (QED) is 0.791. The first-order valence-electron chi connectivity index (χ1n) is 7.89. The average molecular weight is 293 g/mol. The van der Waals surface area contributed by atoms with Crippen LogP contribution in [0, 0.1) is 6.92 Å². The van der Waals surface area contributed by atoms with E-state index in [2.05, 4.69) is 60.9 Å². The third-order valence-corrected chi connectivity index (χ3v) is 4.25. The molecule has 0 aliphatic rings. The molecule has 1 heterocycles. The lowest BCUT2D eigenvalue weighted by Gasteiger charge is -2.13. The predicted octanol–water partition coefficient (Wildman–Crippen LogP) is 3.98. The molecular weight excluding hydrogens is 270 g/mol. The standard InChI is InChI=1S/C19H23N3/c1-4-15-9-10-18-17(11-15)21-19(14(3)20)22(18)12-16-8-6-5-7-13(16)2/h5-11,14H,4,12,20H2,1-3H3. The van der Waals surface area contributed by atoms with Crippen molar-refractivity contribution in [2.45, 2.75) is 39.8 Å². The molecule has 114 valence electrons. The van der Waals surface area contributed by atoms with Gasteiger partial charge in [0.05, 0.1) is 17.1 Å². The normalized spacial score (nSPS) is 12.7. The zero-order chi connectivity index (χ0) is 15.7. The first kappa shape index (κ1) is 14.8. The van der Waals surface area contributed by atoms with Gasteiger partial charge in [0, 0.05) is 6.54 Å². The molecule has 0 radical (unpaired) electrons. The number of fused-ring (bicyclic) bond motifs is 1. The van der Waals surface area contributed by atoms with Crippen molar-refractivity contribution in [2.75, 3.05) is 0 Å². The van der Waals surface area contributed by atoms with E-state index in [4.69, 9.17) is 10.7 Å². The highest BCUT2D eigenvalue weighted by atomic mass is 15.1. The van der Waals surface area contributed by atoms with Gasteiger partial charge in [-0.2, -0.15) is 0 Å². The minimum atomic E-state index is -0.0819. The van der Waals surface area contributed by atoms with E-state index in [0.717, 1.165) is 29.8 Å². The second-order valence-corrected chi connectivity index (χ2v) is 5.95. The Morgan fingerprint density at radius 1 is 1.18 bits per heavy atom. The molecule has 1 unspecified atom stereocenters. The van der Waals surface area contributed by atoms with E-state index in [9.17, 15) is 0 Å². The number of aryl methyl sites for hydroxylation is 2. The van der Waals surface area contributed by atoms with Crippen LogP contribution in [-0.2, 0) is 13.0 Å². The van der Waals surface area contributed by atoms with Crippen molar-refractivity contribution in [2.24, 2.45) is 5.73 Å². The molecular formula is C19H23N3. The van der Waals surface area contributed by atoms with Crippen LogP contribution in [0.1, 0.15) is 42.4 Å². The van der Waals surface area contributed by atoms with Crippen LogP contribution in [-0.4, -0.2) is 9.55 Å². The molecule has 0 aliphatic heterocycles. The molecule has 0 fully saturated rings. The molecule has 0 saturated heterocycles. The Labute approximate surface area is 131 Å². The lowest BCUT2D eigenvalue weighted by Crippen LogP contribution is -2.14. The molecule has 1 aromatic heterocycles. The molecule has 0 spiro atoms. The Bertz CT molecular complexity index is 800. The maximum Gasteiger partial charge on any atom is 0.126 e. The maximum absolute atomic E-state index is 6.16. The largest absolute Gasteiger partial charge is 0.322 e. The molecule has 2 aromatic carbocycles. The van der Waals surface area contributed by atoms with E-state index in [-0.39, 0.29) is 6.04 Å². The number of nitrogens with zero attached hydrogens (tertiary/aromatic N) is 2. The predicted molar refractivity (Wildman–Crippen MR) is 92.0 cm³/mol. The Morgan fingerprint density at radius 3 is 2.64 bits per heavy atom. The van der Waals surface area contributed by atoms with Gasteiger partial charge in [-0.1, -0.05) is 37.3 Å². The van der Waals surface area contributed by atoms with Gasteiger partial charge in [0.25, 0.3) is 0 Å². The van der Waals surface area contributed by atoms with E-state index in [1.54, 1.807) is 0 Å². The monoisotopic (exact) mass is 293 g/mol. The molecule has 1 atom stereocenters. The summed E-state index contributed by atoms with van der Waals surface area (Å²) in [5, 5.41) is 0. The van der Waals surface area contributed by atoms with Gasteiger partial charge in [0.1, 0.15) is 5.82 Å². The number of aromatic nitrogens is 2. The van der Waals surface area contributed by atoms with Gasteiger partial charge in [-0.05, 0) is 49.1 Å². The van der Waals surface area contributed by atoms with Gasteiger partial charge in [0.15, 0.2) is 0 Å². The molecule has 3 rings (SSSR count). The van der Waals surface area contributed by atoms with Crippen LogP contribution < -0.4 is 5.73 Å². The van der Waals surface area contributed by atoms with Crippen LogP contribution in [0.5, 0.6) is 0 Å². The van der Waals surface area contributed by atoms with Crippen LogP contribution in [0.4, 0.5) is 0 Å². The summed E-state index contributed by atoms with van der Waals surface area (Å²) in [6.07, 6.45) is 1.02. The number of rotatable bonds is 4. The highest BCUT2D eigenvalue weighted by molar-refractivity contribution is 5.77. The van der Waals surface area contributed by atoms with Crippen molar-refractivity contribution in [1.29, 1.82) is 0 Å². The van der Waals surface area contributed by atoms with E-state index in [1.807, 2.05) is 6.92 Å². The fraction of sp³-hybridized carbons (Fsp3) is 0.316. The zero-order valence-electron chi connectivity index (χ0n) is 13.5. The number of imidazole rings is 1. The lowest BCUT2D eigenvalue weighted by atomic mass is 10.1. The molecule has 22 heavy (non-hydrogen) atoms. The maximum atomic E-state index is 6.16. The third kappa shape index (κ3) is 2.64. The van der Waals surface area contributed by atoms with Crippen molar-refractivity contribution in [1.82, 2.24) is 9.55 Å². The van der Waals surface area contributed by atoms with Crippen molar-refractivity contribution < 1.29 is 0 Å². The van der Waals surface area contributed by atoms with Gasteiger partial charge in [0.2, 0.25) is 0 Å². The fourth-order valence-corrected chi connectivity index (χ4v) is 2.89. The number of nitrogens with two attached hydrogens (primary N) is 1. The molecule has 3 nitrogen and oxygen atoms in total. The summed E-state index contributed by atoms with van der Waals surface area (Å²) >= 11 is 0. The van der Waals surface area contributed by atoms with Gasteiger partial charge in [-0.25, -0.2) is 4.98 Å². The minimum absolute atomic E-state index is 0.0819. The summed E-state index contributed by atoms with van der Waals surface area (Å²) < 4.78 is 2.25. The van der Waals surface area contributed by atoms with Crippen molar-refractivity contribution in [3.05, 3.63) is 65.0 Å². The van der Waals surface area contributed by atoms with Gasteiger partial charge in [-0.3, -0.25) is 0 Å². The van der Waals surface area contributed by atoms with Crippen molar-refractivity contribution >= 4 is 11.0 Å². The Balaban J connectivity index is 2.14. The van der Waals surface area contributed by atoms with Crippen LogP contribution in [0.25, 0.3) is 11.0 Å². The fourth-order valence-electron chi connectivity index (χ4n) is 2.89. The molecule has 3 heteroatoms. The van der Waals surface area contributed by atoms with E-state index in [1.165, 1.54) is 16.7 Å². The van der Waals surface area contributed by atoms with E-state index < -0.39 is 0 Å². The van der Waals surface area contributed by atoms with Crippen LogP contribution in [0.3, 0.4) is 0 Å². The summed E-state index contributed by atoms with van der Waals surface area (Å²) in [5.74, 6) is 0.950. The zero-order valence-corrected chi connectivity index (χ0v) is 13.5. The summed E-state index contributed by atoms with van der Waals surface area (Å²) in [7, 11) is 0. The Kier molecular flexibility index (Phi) is 3.99. The van der Waals surface area contributed by atoms with Gasteiger partial charge >= 0.3 is 0 Å². The average Bonchev–Trinajstić information content (AvgIpc) is 2.87. The van der Waals surface area contributed by atoms with E-state index >= 15 is 0 Å². The van der Waals surface area contributed by atoms with Crippen molar-refractivity contribution in [3.8, 4) is 0 Å². The number of hydrogen-bond donors (Lipinski definition) is 1. The Morgan fingerprint density at radius 2 is 1.95 bits per heavy atom. The lowest BCUT2D eigenvalue weighted by molar-refractivity contribution is 0.662. The summed E-state index contributed by atoms with van der Waals surface area (Å²) in [6.45, 7) is 7.12. The summed E-state index contributed by atoms with van der Waals surface area (Å²) in [4.78, 5) is 4.78.